The van der Waals surface area contributed by atoms with Gasteiger partial charge in [-0.3, -0.25) is 4.99 Å². The van der Waals surface area contributed by atoms with Gasteiger partial charge >= 0.3 is 0 Å². The number of rotatable bonds is 0. The third-order valence-electron chi connectivity index (χ3n) is 1.96. The Morgan fingerprint density at radius 2 is 1.62 bits per heavy atom. The van der Waals surface area contributed by atoms with Crippen molar-refractivity contribution in [3.8, 4) is 0 Å². The second kappa shape index (κ2) is 8.90. The van der Waals surface area contributed by atoms with Crippen molar-refractivity contribution in [2.75, 3.05) is 0 Å². The molecule has 1 atom stereocenters. The fourth-order valence-electron chi connectivity index (χ4n) is 1.25. The van der Waals surface area contributed by atoms with Crippen molar-refractivity contribution in [1.82, 2.24) is 0 Å². The van der Waals surface area contributed by atoms with Gasteiger partial charge in [-0.15, -0.1) is 0 Å². The number of nitrogens with zero attached hydrogens (tertiary/aromatic N) is 1. The first-order valence-electron chi connectivity index (χ1n) is 6.18. The van der Waals surface area contributed by atoms with E-state index in [2.05, 4.69) is 30.1 Å². The zero-order chi connectivity index (χ0) is 12.4. The largest absolute Gasteiger partial charge is 0.260 e. The molecule has 0 bridgehead atoms. The molecule has 0 aromatic heterocycles. The highest BCUT2D eigenvalue weighted by Crippen LogP contribution is 2.22. The summed E-state index contributed by atoms with van der Waals surface area (Å²) in [6.45, 7) is 10.1. The van der Waals surface area contributed by atoms with Crippen LogP contribution >= 0.6 is 0 Å². The highest BCUT2D eigenvalue weighted by molar-refractivity contribution is 5.77. The first-order chi connectivity index (χ1) is 7.86. The average molecular weight is 217 g/mol. The maximum atomic E-state index is 4.38. The Labute approximate surface area is 99.9 Å². The van der Waals surface area contributed by atoms with Gasteiger partial charge in [0.15, 0.2) is 0 Å². The zero-order valence-electron chi connectivity index (χ0n) is 11.1. The Morgan fingerprint density at radius 3 is 2.31 bits per heavy atom. The molecule has 0 saturated heterocycles. The van der Waals surface area contributed by atoms with Crippen molar-refractivity contribution in [2.24, 2.45) is 10.9 Å². The molecule has 16 heavy (non-hydrogen) atoms. The predicted molar refractivity (Wildman–Crippen MR) is 75.5 cm³/mol. The fourth-order valence-corrected chi connectivity index (χ4v) is 1.25. The minimum Gasteiger partial charge on any atom is -0.260 e. The van der Waals surface area contributed by atoms with E-state index in [1.807, 2.05) is 52.1 Å². The van der Waals surface area contributed by atoms with Crippen LogP contribution in [0.2, 0.25) is 0 Å². The highest BCUT2D eigenvalue weighted by Gasteiger charge is 2.00. The second-order valence-corrected chi connectivity index (χ2v) is 3.06. The molecule has 0 N–H and O–H groups in total. The summed E-state index contributed by atoms with van der Waals surface area (Å²) in [5.74, 6) is 0.442. The number of hydrogen-bond donors (Lipinski definition) is 0. The molecule has 0 radical (unpaired) electrons. The minimum absolute atomic E-state index is 0.442. The van der Waals surface area contributed by atoms with Gasteiger partial charge in [-0.05, 0) is 11.6 Å². The molecule has 1 heteroatoms. The van der Waals surface area contributed by atoms with Crippen molar-refractivity contribution in [2.45, 2.75) is 34.6 Å². The number of hydrogen-bond acceptors (Lipinski definition) is 1. The van der Waals surface area contributed by atoms with Crippen LogP contribution in [0.3, 0.4) is 0 Å². The van der Waals surface area contributed by atoms with Gasteiger partial charge in [0, 0.05) is 12.1 Å². The van der Waals surface area contributed by atoms with E-state index in [1.54, 1.807) is 0 Å². The number of para-hydroxylation sites is 1. The maximum absolute atomic E-state index is 4.38. The van der Waals surface area contributed by atoms with E-state index in [9.17, 15) is 0 Å². The molecule has 88 valence electrons. The Kier molecular flexibility index (Phi) is 8.14. The first-order valence-corrected chi connectivity index (χ1v) is 6.18. The lowest BCUT2D eigenvalue weighted by atomic mass is 10.1. The van der Waals surface area contributed by atoms with Gasteiger partial charge in [0.1, 0.15) is 0 Å². The maximum Gasteiger partial charge on any atom is 0.0698 e. The van der Waals surface area contributed by atoms with Gasteiger partial charge in [0.25, 0.3) is 0 Å². The van der Waals surface area contributed by atoms with E-state index in [4.69, 9.17) is 0 Å². The Balaban J connectivity index is 0.000000509. The normalized spacial score (nSPS) is 15.9. The van der Waals surface area contributed by atoms with E-state index in [-0.39, 0.29) is 0 Å². The van der Waals surface area contributed by atoms with Crippen molar-refractivity contribution in [1.29, 1.82) is 0 Å². The quantitative estimate of drug-likeness (QED) is 0.573. The molecule has 1 unspecified atom stereocenters. The van der Waals surface area contributed by atoms with Crippen LogP contribution in [0.25, 0.3) is 6.08 Å². The lowest BCUT2D eigenvalue weighted by Gasteiger charge is -1.95. The number of benzene rings is 1. The monoisotopic (exact) mass is 217 g/mol. The van der Waals surface area contributed by atoms with Gasteiger partial charge in [0.05, 0.1) is 5.69 Å². The van der Waals surface area contributed by atoms with Gasteiger partial charge in [0.2, 0.25) is 0 Å². The van der Waals surface area contributed by atoms with Crippen LogP contribution in [-0.2, 0) is 0 Å². The molecule has 0 aliphatic carbocycles. The predicted octanol–water partition coefficient (Wildman–Crippen LogP) is 5.10. The fraction of sp³-hybridized carbons (Fsp3) is 0.400. The standard InChI is InChI=1S/C11H11N.2C2H6/c1-9-6-7-10-4-2-3-5-11(10)12-8-9;2*1-2/h2-9H,1H3;2*1-2H3. The summed E-state index contributed by atoms with van der Waals surface area (Å²) in [4.78, 5) is 4.38. The lowest BCUT2D eigenvalue weighted by molar-refractivity contribution is 1.04. The third kappa shape index (κ3) is 4.43. The molecule has 1 aliphatic heterocycles. The molecular weight excluding hydrogens is 194 g/mol. The zero-order valence-corrected chi connectivity index (χ0v) is 11.1. The number of fused-ring (bicyclic) bond motifs is 1. The Hall–Kier alpha value is -1.37. The van der Waals surface area contributed by atoms with E-state index in [1.165, 1.54) is 5.56 Å². The molecular formula is C15H23N. The summed E-state index contributed by atoms with van der Waals surface area (Å²) >= 11 is 0. The SMILES string of the molecule is CC.CC.CC1C=Cc2ccccc2N=C1. The van der Waals surface area contributed by atoms with E-state index in [0.717, 1.165) is 5.69 Å². The molecule has 1 aliphatic rings. The summed E-state index contributed by atoms with van der Waals surface area (Å²) in [6.07, 6.45) is 6.27. The van der Waals surface area contributed by atoms with E-state index in [0.29, 0.717) is 5.92 Å². The number of aliphatic imine (C=N–C) groups is 1. The van der Waals surface area contributed by atoms with E-state index < -0.39 is 0 Å². The molecule has 1 heterocycles. The highest BCUT2D eigenvalue weighted by atomic mass is 14.7. The lowest BCUT2D eigenvalue weighted by Crippen LogP contribution is -1.86. The number of allylic oxidation sites excluding steroid dienone is 1. The van der Waals surface area contributed by atoms with Gasteiger partial charge in [-0.25, -0.2) is 0 Å². The van der Waals surface area contributed by atoms with Gasteiger partial charge < -0.3 is 0 Å². The van der Waals surface area contributed by atoms with Crippen LogP contribution in [0.4, 0.5) is 5.69 Å². The molecule has 0 spiro atoms. The van der Waals surface area contributed by atoms with Crippen molar-refractivity contribution >= 4 is 18.0 Å². The van der Waals surface area contributed by atoms with Crippen molar-refractivity contribution in [3.63, 3.8) is 0 Å². The van der Waals surface area contributed by atoms with Crippen LogP contribution in [0.15, 0.2) is 35.3 Å². The van der Waals surface area contributed by atoms with E-state index >= 15 is 0 Å². The minimum atomic E-state index is 0.442. The van der Waals surface area contributed by atoms with Crippen LogP contribution < -0.4 is 0 Å². The molecule has 0 fully saturated rings. The summed E-state index contributed by atoms with van der Waals surface area (Å²) in [5.41, 5.74) is 2.27. The van der Waals surface area contributed by atoms with Crippen LogP contribution in [0, 0.1) is 5.92 Å². The second-order valence-electron chi connectivity index (χ2n) is 3.06. The Morgan fingerprint density at radius 1 is 1.00 bits per heavy atom. The summed E-state index contributed by atoms with van der Waals surface area (Å²) in [5, 5.41) is 0. The Bertz CT molecular complexity index is 304. The molecule has 2 rings (SSSR count). The van der Waals surface area contributed by atoms with Crippen molar-refractivity contribution in [3.05, 3.63) is 35.9 Å². The first kappa shape index (κ1) is 14.6. The summed E-state index contributed by atoms with van der Waals surface area (Å²) < 4.78 is 0. The van der Waals surface area contributed by atoms with Gasteiger partial charge in [-0.2, -0.15) is 0 Å². The van der Waals surface area contributed by atoms with Crippen LogP contribution in [-0.4, -0.2) is 6.21 Å². The van der Waals surface area contributed by atoms with Crippen LogP contribution in [0.5, 0.6) is 0 Å². The van der Waals surface area contributed by atoms with Crippen molar-refractivity contribution < 1.29 is 0 Å². The molecule has 1 aromatic rings. The molecule has 0 saturated carbocycles. The third-order valence-corrected chi connectivity index (χ3v) is 1.96. The topological polar surface area (TPSA) is 12.4 Å². The molecule has 1 nitrogen and oxygen atoms in total. The molecule has 1 aromatic carbocycles. The average Bonchev–Trinajstić information content (AvgIpc) is 2.57. The van der Waals surface area contributed by atoms with Crippen LogP contribution in [0.1, 0.15) is 40.2 Å². The van der Waals surface area contributed by atoms with Gasteiger partial charge in [-0.1, -0.05) is 65.0 Å². The summed E-state index contributed by atoms with van der Waals surface area (Å²) in [6, 6.07) is 8.17. The molecule has 0 amide bonds. The summed E-state index contributed by atoms with van der Waals surface area (Å²) in [7, 11) is 0. The smallest absolute Gasteiger partial charge is 0.0698 e.